The first kappa shape index (κ1) is 21.6. The second-order valence-electron chi connectivity index (χ2n) is 6.90. The van der Waals surface area contributed by atoms with Crippen molar-refractivity contribution in [2.45, 2.75) is 11.7 Å². The van der Waals surface area contributed by atoms with Crippen LogP contribution in [-0.2, 0) is 11.3 Å². The van der Waals surface area contributed by atoms with Crippen molar-refractivity contribution in [2.24, 2.45) is 0 Å². The van der Waals surface area contributed by atoms with Crippen molar-refractivity contribution in [3.63, 3.8) is 0 Å². The van der Waals surface area contributed by atoms with Gasteiger partial charge in [-0.05, 0) is 54.1 Å². The van der Waals surface area contributed by atoms with Gasteiger partial charge in [0.1, 0.15) is 11.6 Å². The van der Waals surface area contributed by atoms with Crippen LogP contribution in [0, 0.1) is 5.82 Å². The van der Waals surface area contributed by atoms with Crippen LogP contribution in [0.1, 0.15) is 5.56 Å². The van der Waals surface area contributed by atoms with Crippen LogP contribution in [0.2, 0.25) is 0 Å². The van der Waals surface area contributed by atoms with Crippen LogP contribution in [-0.4, -0.2) is 33.5 Å². The van der Waals surface area contributed by atoms with Gasteiger partial charge in [-0.2, -0.15) is 0 Å². The lowest BCUT2D eigenvalue weighted by molar-refractivity contribution is -0.118. The SMILES string of the molecule is COc1ccc(-c2nnc(SCC(=O)NCc3ccc(F)cc3)n2-c2ccccc2)cc1. The maximum Gasteiger partial charge on any atom is 0.230 e. The summed E-state index contributed by atoms with van der Waals surface area (Å²) in [6, 6.07) is 23.4. The fourth-order valence-electron chi connectivity index (χ4n) is 3.08. The van der Waals surface area contributed by atoms with Gasteiger partial charge in [-0.1, -0.05) is 42.1 Å². The first-order valence-corrected chi connectivity index (χ1v) is 10.9. The van der Waals surface area contributed by atoms with Gasteiger partial charge in [-0.15, -0.1) is 10.2 Å². The highest BCUT2D eigenvalue weighted by molar-refractivity contribution is 7.99. The molecule has 8 heteroatoms. The third-order valence-corrected chi connectivity index (χ3v) is 5.66. The Labute approximate surface area is 189 Å². The minimum Gasteiger partial charge on any atom is -0.497 e. The molecule has 4 rings (SSSR count). The summed E-state index contributed by atoms with van der Waals surface area (Å²) in [5, 5.41) is 12.2. The minimum absolute atomic E-state index is 0.145. The molecule has 0 saturated heterocycles. The summed E-state index contributed by atoms with van der Waals surface area (Å²) in [6.07, 6.45) is 0. The number of thioether (sulfide) groups is 1. The normalized spacial score (nSPS) is 10.7. The largest absolute Gasteiger partial charge is 0.497 e. The number of nitrogens with zero attached hydrogens (tertiary/aromatic N) is 3. The van der Waals surface area contributed by atoms with E-state index < -0.39 is 0 Å². The molecule has 1 N–H and O–H groups in total. The molecule has 0 radical (unpaired) electrons. The van der Waals surface area contributed by atoms with Crippen LogP contribution in [0.15, 0.2) is 84.0 Å². The van der Waals surface area contributed by atoms with Crippen LogP contribution < -0.4 is 10.1 Å². The Balaban J connectivity index is 1.51. The second kappa shape index (κ2) is 10.1. The number of hydrogen-bond donors (Lipinski definition) is 1. The fraction of sp³-hybridized carbons (Fsp3) is 0.125. The molecular formula is C24H21FN4O2S. The predicted molar refractivity (Wildman–Crippen MR) is 122 cm³/mol. The number of carbonyl (C=O) groups excluding carboxylic acids is 1. The Morgan fingerprint density at radius 1 is 1.00 bits per heavy atom. The van der Waals surface area contributed by atoms with E-state index in [2.05, 4.69) is 15.5 Å². The molecule has 1 amide bonds. The van der Waals surface area contributed by atoms with E-state index in [1.165, 1.54) is 23.9 Å². The molecule has 6 nitrogen and oxygen atoms in total. The smallest absolute Gasteiger partial charge is 0.230 e. The van der Waals surface area contributed by atoms with Gasteiger partial charge < -0.3 is 10.1 Å². The summed E-state index contributed by atoms with van der Waals surface area (Å²) < 4.78 is 20.2. The van der Waals surface area contributed by atoms with Gasteiger partial charge in [0, 0.05) is 17.8 Å². The molecule has 0 bridgehead atoms. The summed E-state index contributed by atoms with van der Waals surface area (Å²) in [7, 11) is 1.62. The molecule has 4 aromatic rings. The molecule has 3 aromatic carbocycles. The summed E-state index contributed by atoms with van der Waals surface area (Å²) in [5.74, 6) is 1.16. The van der Waals surface area contributed by atoms with Crippen molar-refractivity contribution in [1.82, 2.24) is 20.1 Å². The van der Waals surface area contributed by atoms with E-state index in [1.807, 2.05) is 59.2 Å². The van der Waals surface area contributed by atoms with E-state index in [-0.39, 0.29) is 17.5 Å². The third-order valence-electron chi connectivity index (χ3n) is 4.73. The molecule has 0 aliphatic rings. The van der Waals surface area contributed by atoms with Gasteiger partial charge in [-0.3, -0.25) is 9.36 Å². The van der Waals surface area contributed by atoms with E-state index in [1.54, 1.807) is 19.2 Å². The number of para-hydroxylation sites is 1. The van der Waals surface area contributed by atoms with E-state index in [0.717, 1.165) is 22.6 Å². The van der Waals surface area contributed by atoms with Crippen molar-refractivity contribution in [3.05, 3.63) is 90.2 Å². The van der Waals surface area contributed by atoms with Crippen molar-refractivity contribution < 1.29 is 13.9 Å². The van der Waals surface area contributed by atoms with Crippen LogP contribution in [0.3, 0.4) is 0 Å². The maximum absolute atomic E-state index is 13.0. The van der Waals surface area contributed by atoms with Crippen molar-refractivity contribution in [2.75, 3.05) is 12.9 Å². The lowest BCUT2D eigenvalue weighted by atomic mass is 10.2. The number of carbonyl (C=O) groups is 1. The molecule has 0 saturated carbocycles. The zero-order valence-corrected chi connectivity index (χ0v) is 18.2. The molecular weight excluding hydrogens is 427 g/mol. The van der Waals surface area contributed by atoms with Crippen molar-refractivity contribution in [3.8, 4) is 22.8 Å². The molecule has 0 aliphatic carbocycles. The predicted octanol–water partition coefficient (Wildman–Crippen LogP) is 4.49. The Morgan fingerprint density at radius 3 is 2.41 bits per heavy atom. The van der Waals surface area contributed by atoms with Gasteiger partial charge in [0.25, 0.3) is 0 Å². The number of methoxy groups -OCH3 is 1. The summed E-state index contributed by atoms with van der Waals surface area (Å²) in [6.45, 7) is 0.335. The molecule has 1 heterocycles. The van der Waals surface area contributed by atoms with E-state index in [4.69, 9.17) is 4.74 Å². The highest BCUT2D eigenvalue weighted by Gasteiger charge is 2.17. The van der Waals surface area contributed by atoms with Crippen molar-refractivity contribution in [1.29, 1.82) is 0 Å². The molecule has 1 aromatic heterocycles. The van der Waals surface area contributed by atoms with Crippen LogP contribution in [0.4, 0.5) is 4.39 Å². The fourth-order valence-corrected chi connectivity index (χ4v) is 3.87. The van der Waals surface area contributed by atoms with Gasteiger partial charge in [-0.25, -0.2) is 4.39 Å². The zero-order valence-electron chi connectivity index (χ0n) is 17.4. The maximum atomic E-state index is 13.0. The average Bonchev–Trinajstić information content (AvgIpc) is 3.27. The summed E-state index contributed by atoms with van der Waals surface area (Å²) in [4.78, 5) is 12.4. The summed E-state index contributed by atoms with van der Waals surface area (Å²) >= 11 is 1.30. The Bertz CT molecular complexity index is 1180. The quantitative estimate of drug-likeness (QED) is 0.402. The topological polar surface area (TPSA) is 69.0 Å². The van der Waals surface area contributed by atoms with E-state index >= 15 is 0 Å². The van der Waals surface area contributed by atoms with Gasteiger partial charge >= 0.3 is 0 Å². The third kappa shape index (κ3) is 5.15. The van der Waals surface area contributed by atoms with Crippen LogP contribution in [0.25, 0.3) is 17.1 Å². The monoisotopic (exact) mass is 448 g/mol. The Hall–Kier alpha value is -3.65. The number of aromatic nitrogens is 3. The molecule has 0 aliphatic heterocycles. The lowest BCUT2D eigenvalue weighted by Crippen LogP contribution is -2.24. The number of amides is 1. The summed E-state index contributed by atoms with van der Waals surface area (Å²) in [5.41, 5.74) is 2.62. The molecule has 32 heavy (non-hydrogen) atoms. The molecule has 162 valence electrons. The van der Waals surface area contributed by atoms with Gasteiger partial charge in [0.2, 0.25) is 5.91 Å². The van der Waals surface area contributed by atoms with Gasteiger partial charge in [0.05, 0.1) is 12.9 Å². The number of rotatable bonds is 8. The molecule has 0 unspecified atom stereocenters. The first-order chi connectivity index (χ1) is 15.6. The lowest BCUT2D eigenvalue weighted by Gasteiger charge is -2.11. The van der Waals surface area contributed by atoms with E-state index in [9.17, 15) is 9.18 Å². The zero-order chi connectivity index (χ0) is 22.3. The minimum atomic E-state index is -0.302. The molecule has 0 atom stereocenters. The second-order valence-corrected chi connectivity index (χ2v) is 7.84. The standard InChI is InChI=1S/C24H21FN4O2S/c1-31-21-13-9-18(10-14-21)23-27-28-24(29(23)20-5-3-2-4-6-20)32-16-22(30)26-15-17-7-11-19(25)12-8-17/h2-14H,15-16H2,1H3,(H,26,30). The highest BCUT2D eigenvalue weighted by atomic mass is 32.2. The number of halogens is 1. The highest BCUT2D eigenvalue weighted by Crippen LogP contribution is 2.28. The number of hydrogen-bond acceptors (Lipinski definition) is 5. The van der Waals surface area contributed by atoms with E-state index in [0.29, 0.717) is 17.5 Å². The number of benzene rings is 3. The number of nitrogens with one attached hydrogen (secondary N) is 1. The van der Waals surface area contributed by atoms with Crippen LogP contribution >= 0.6 is 11.8 Å². The average molecular weight is 449 g/mol. The Morgan fingerprint density at radius 2 is 1.72 bits per heavy atom. The first-order valence-electron chi connectivity index (χ1n) is 9.93. The van der Waals surface area contributed by atoms with Gasteiger partial charge in [0.15, 0.2) is 11.0 Å². The van der Waals surface area contributed by atoms with Crippen LogP contribution in [0.5, 0.6) is 5.75 Å². The molecule has 0 fully saturated rings. The Kier molecular flexibility index (Phi) is 6.81. The van der Waals surface area contributed by atoms with Crippen molar-refractivity contribution >= 4 is 17.7 Å². The molecule has 0 spiro atoms. The number of ether oxygens (including phenoxy) is 1.